The van der Waals surface area contributed by atoms with Crippen LogP contribution in [0.1, 0.15) is 19.3 Å². The Kier molecular flexibility index (Phi) is 4.78. The molecule has 2 aliphatic rings. The van der Waals surface area contributed by atoms with Crippen LogP contribution >= 0.6 is 31.9 Å². The number of benzene rings is 1. The molecule has 2 fully saturated rings. The molecule has 2 heterocycles. The van der Waals surface area contributed by atoms with Crippen LogP contribution in [0.5, 0.6) is 5.75 Å². The average molecular weight is 421 g/mol. The zero-order valence-electron chi connectivity index (χ0n) is 12.0. The first kappa shape index (κ1) is 15.6. The Morgan fingerprint density at radius 1 is 1.29 bits per heavy atom. The van der Waals surface area contributed by atoms with Gasteiger partial charge >= 0.3 is 0 Å². The molecule has 116 valence electrons. The smallest absolute Gasteiger partial charge is 0.135 e. The van der Waals surface area contributed by atoms with Crippen molar-refractivity contribution in [3.63, 3.8) is 0 Å². The number of rotatable bonds is 3. The van der Waals surface area contributed by atoms with E-state index < -0.39 is 0 Å². The fourth-order valence-corrected chi connectivity index (χ4v) is 4.30. The van der Waals surface area contributed by atoms with Crippen molar-refractivity contribution >= 4 is 37.5 Å². The molecule has 2 aliphatic heterocycles. The van der Waals surface area contributed by atoms with E-state index in [1.54, 1.807) is 7.11 Å². The summed E-state index contributed by atoms with van der Waals surface area (Å²) in [5, 5.41) is 3.62. The Bertz CT molecular complexity index is 518. The Morgan fingerprint density at radius 3 is 2.86 bits per heavy atom. The zero-order valence-corrected chi connectivity index (χ0v) is 15.1. The van der Waals surface area contributed by atoms with Crippen LogP contribution in [-0.4, -0.2) is 38.6 Å². The minimum absolute atomic E-state index is 0.0815. The molecule has 21 heavy (non-hydrogen) atoms. The maximum absolute atomic E-state index is 5.98. The second kappa shape index (κ2) is 6.44. The van der Waals surface area contributed by atoms with Crippen LogP contribution in [0.3, 0.4) is 0 Å². The Morgan fingerprint density at radius 2 is 2.14 bits per heavy atom. The van der Waals surface area contributed by atoms with Crippen LogP contribution in [0.25, 0.3) is 0 Å². The van der Waals surface area contributed by atoms with Crippen LogP contribution in [0.15, 0.2) is 21.1 Å². The van der Waals surface area contributed by atoms with Gasteiger partial charge in [-0.1, -0.05) is 0 Å². The molecule has 1 aromatic carbocycles. The lowest BCUT2D eigenvalue weighted by molar-refractivity contribution is -0.0828. The molecule has 0 radical (unpaired) electrons. The quantitative estimate of drug-likeness (QED) is 0.802. The highest BCUT2D eigenvalue weighted by atomic mass is 79.9. The largest absolute Gasteiger partial charge is 0.495 e. The van der Waals surface area contributed by atoms with Crippen LogP contribution < -0.4 is 10.1 Å². The summed E-state index contributed by atoms with van der Waals surface area (Å²) < 4.78 is 18.8. The monoisotopic (exact) mass is 419 g/mol. The number of nitrogens with one attached hydrogen (secondary N) is 1. The molecule has 0 saturated carbocycles. The molecule has 0 amide bonds. The Hall–Kier alpha value is -0.300. The molecule has 4 nitrogen and oxygen atoms in total. The van der Waals surface area contributed by atoms with Gasteiger partial charge in [-0.25, -0.2) is 0 Å². The maximum Gasteiger partial charge on any atom is 0.135 e. The highest BCUT2D eigenvalue weighted by Gasteiger charge is 2.41. The van der Waals surface area contributed by atoms with Crippen molar-refractivity contribution in [3.8, 4) is 5.75 Å². The molecule has 1 spiro atoms. The van der Waals surface area contributed by atoms with E-state index in [2.05, 4.69) is 37.2 Å². The molecule has 0 bridgehead atoms. The molecule has 2 saturated heterocycles. The first-order valence-electron chi connectivity index (χ1n) is 7.13. The minimum Gasteiger partial charge on any atom is -0.495 e. The normalized spacial score (nSPS) is 28.8. The van der Waals surface area contributed by atoms with Crippen LogP contribution in [-0.2, 0) is 9.47 Å². The number of halogens is 2. The number of hydrogen-bond acceptors (Lipinski definition) is 4. The first-order valence-corrected chi connectivity index (χ1v) is 8.72. The fourth-order valence-electron chi connectivity index (χ4n) is 3.03. The molecular formula is C15H19Br2NO3. The standard InChI is InChI=1S/C15H19Br2NO3/c1-19-14-7-13(11(16)6-12(14)17)18-10-2-4-21-15(8-10)3-5-20-9-15/h6-7,10,18H,2-5,8-9H2,1H3. The van der Waals surface area contributed by atoms with E-state index in [1.807, 2.05) is 12.1 Å². The van der Waals surface area contributed by atoms with Gasteiger partial charge in [-0.2, -0.15) is 0 Å². The third kappa shape index (κ3) is 3.38. The van der Waals surface area contributed by atoms with E-state index in [0.29, 0.717) is 6.04 Å². The third-order valence-corrected chi connectivity index (χ3v) is 5.44. The van der Waals surface area contributed by atoms with Crippen molar-refractivity contribution in [1.29, 1.82) is 0 Å². The van der Waals surface area contributed by atoms with Gasteiger partial charge in [-0.15, -0.1) is 0 Å². The van der Waals surface area contributed by atoms with E-state index >= 15 is 0 Å². The van der Waals surface area contributed by atoms with Crippen LogP contribution in [0.4, 0.5) is 5.69 Å². The van der Waals surface area contributed by atoms with Crippen LogP contribution in [0.2, 0.25) is 0 Å². The predicted molar refractivity (Wildman–Crippen MR) is 89.2 cm³/mol. The number of anilines is 1. The predicted octanol–water partition coefficient (Wildman–Crippen LogP) is 3.97. The van der Waals surface area contributed by atoms with Gasteiger partial charge in [0.25, 0.3) is 0 Å². The molecule has 2 unspecified atom stereocenters. The summed E-state index contributed by atoms with van der Waals surface area (Å²) in [7, 11) is 1.68. The van der Waals surface area contributed by atoms with Crippen molar-refractivity contribution in [2.75, 3.05) is 32.2 Å². The van der Waals surface area contributed by atoms with E-state index in [9.17, 15) is 0 Å². The molecular weight excluding hydrogens is 402 g/mol. The van der Waals surface area contributed by atoms with E-state index in [1.165, 1.54) is 0 Å². The van der Waals surface area contributed by atoms with Crippen molar-refractivity contribution in [1.82, 2.24) is 0 Å². The summed E-state index contributed by atoms with van der Waals surface area (Å²) in [4.78, 5) is 0. The van der Waals surface area contributed by atoms with Crippen molar-refractivity contribution in [3.05, 3.63) is 21.1 Å². The Labute approximate surface area is 141 Å². The summed E-state index contributed by atoms with van der Waals surface area (Å²) in [5.41, 5.74) is 0.970. The fraction of sp³-hybridized carbons (Fsp3) is 0.600. The van der Waals surface area contributed by atoms with Gasteiger partial charge in [-0.3, -0.25) is 0 Å². The number of ether oxygens (including phenoxy) is 3. The van der Waals surface area contributed by atoms with Gasteiger partial charge in [-0.05, 0) is 50.8 Å². The summed E-state index contributed by atoms with van der Waals surface area (Å²) in [6.45, 7) is 2.31. The lowest BCUT2D eigenvalue weighted by atomic mass is 9.89. The van der Waals surface area contributed by atoms with Crippen molar-refractivity contribution < 1.29 is 14.2 Å². The molecule has 3 rings (SSSR count). The van der Waals surface area contributed by atoms with Crippen molar-refractivity contribution in [2.24, 2.45) is 0 Å². The van der Waals surface area contributed by atoms with Crippen LogP contribution in [0, 0.1) is 0 Å². The second-order valence-electron chi connectivity index (χ2n) is 5.63. The number of methoxy groups -OCH3 is 1. The molecule has 2 atom stereocenters. The van der Waals surface area contributed by atoms with Gasteiger partial charge < -0.3 is 19.5 Å². The SMILES string of the molecule is COc1cc(NC2CCOC3(CCOC3)C2)c(Br)cc1Br. The van der Waals surface area contributed by atoms with E-state index in [0.717, 1.165) is 59.5 Å². The van der Waals surface area contributed by atoms with E-state index in [4.69, 9.17) is 14.2 Å². The molecule has 1 aromatic rings. The third-order valence-electron chi connectivity index (χ3n) is 4.16. The second-order valence-corrected chi connectivity index (χ2v) is 7.34. The summed E-state index contributed by atoms with van der Waals surface area (Å²) in [5.74, 6) is 0.826. The van der Waals surface area contributed by atoms with Gasteiger partial charge in [0, 0.05) is 36.2 Å². The lowest BCUT2D eigenvalue weighted by Crippen LogP contribution is -2.44. The zero-order chi connectivity index (χ0) is 14.9. The molecule has 6 heteroatoms. The maximum atomic E-state index is 5.98. The molecule has 0 aromatic heterocycles. The van der Waals surface area contributed by atoms with Crippen molar-refractivity contribution in [2.45, 2.75) is 30.9 Å². The topological polar surface area (TPSA) is 39.7 Å². The first-order chi connectivity index (χ1) is 10.1. The van der Waals surface area contributed by atoms with Gasteiger partial charge in [0.15, 0.2) is 0 Å². The minimum atomic E-state index is -0.0815. The number of hydrogen-bond donors (Lipinski definition) is 1. The van der Waals surface area contributed by atoms with Gasteiger partial charge in [0.1, 0.15) is 5.75 Å². The summed E-state index contributed by atoms with van der Waals surface area (Å²) in [6, 6.07) is 4.42. The van der Waals surface area contributed by atoms with E-state index in [-0.39, 0.29) is 5.60 Å². The molecule has 1 N–H and O–H groups in total. The average Bonchev–Trinajstić information content (AvgIpc) is 2.90. The highest BCUT2D eigenvalue weighted by molar-refractivity contribution is 9.11. The van der Waals surface area contributed by atoms with Gasteiger partial charge in [0.2, 0.25) is 0 Å². The Balaban J connectivity index is 1.74. The highest BCUT2D eigenvalue weighted by Crippen LogP contribution is 2.38. The van der Waals surface area contributed by atoms with Gasteiger partial charge in [0.05, 0.1) is 29.5 Å². The molecule has 0 aliphatic carbocycles. The summed E-state index contributed by atoms with van der Waals surface area (Å²) >= 11 is 7.10. The summed E-state index contributed by atoms with van der Waals surface area (Å²) in [6.07, 6.45) is 2.99. The lowest BCUT2D eigenvalue weighted by Gasteiger charge is -2.38.